The van der Waals surface area contributed by atoms with Crippen molar-refractivity contribution in [3.05, 3.63) is 156 Å². The molecule has 0 N–H and O–H groups in total. The third-order valence-electron chi connectivity index (χ3n) is 6.38. The van der Waals surface area contributed by atoms with Crippen molar-refractivity contribution in [3.63, 3.8) is 0 Å². The first kappa shape index (κ1) is 21.6. The first-order chi connectivity index (χ1) is 17.4. The van der Waals surface area contributed by atoms with Crippen LogP contribution in [0.3, 0.4) is 0 Å². The van der Waals surface area contributed by atoms with Crippen molar-refractivity contribution in [2.24, 2.45) is 0 Å². The average Bonchev–Trinajstić information content (AvgIpc) is 3.35. The Bertz CT molecular complexity index is 1420. The number of benzene rings is 5. The van der Waals surface area contributed by atoms with Crippen molar-refractivity contribution in [2.45, 2.75) is 5.92 Å². The van der Waals surface area contributed by atoms with Gasteiger partial charge in [-0.2, -0.15) is 0 Å². The average molecular weight is 469 g/mol. The first-order valence-corrected chi connectivity index (χ1v) is 13.3. The summed E-state index contributed by atoms with van der Waals surface area (Å²) in [6.45, 7) is 0. The van der Waals surface area contributed by atoms with Gasteiger partial charge in [-0.1, -0.05) is 121 Å². The molecule has 1 nitrogen and oxygen atoms in total. The predicted octanol–water partition coefficient (Wildman–Crippen LogP) is 7.40. The molecule has 0 aromatic heterocycles. The second kappa shape index (κ2) is 9.74. The van der Waals surface area contributed by atoms with Crippen molar-refractivity contribution < 1.29 is 4.74 Å². The zero-order valence-corrected chi connectivity index (χ0v) is 20.2. The summed E-state index contributed by atoms with van der Waals surface area (Å²) in [6.07, 6.45) is 4.59. The molecule has 0 heterocycles. The van der Waals surface area contributed by atoms with Crippen LogP contribution in [0.4, 0.5) is 0 Å². The highest BCUT2D eigenvalue weighted by molar-refractivity contribution is 7.79. The standard InChI is InChI=1S/C33H25OP/c1-4-13-26(14-5-1)34-27-21-23-32(31-22-20-25-12-10-11-19-30(25)31)33(24-27)35(28-15-6-2-7-16-28)29-17-8-3-9-18-29/h1-24,31H. The van der Waals surface area contributed by atoms with Gasteiger partial charge in [-0.25, -0.2) is 0 Å². The van der Waals surface area contributed by atoms with E-state index in [2.05, 4.69) is 115 Å². The molecule has 0 saturated carbocycles. The van der Waals surface area contributed by atoms with Crippen LogP contribution >= 0.6 is 7.92 Å². The Morgan fingerprint density at radius 1 is 0.514 bits per heavy atom. The molecule has 5 aromatic rings. The SMILES string of the molecule is C1=CC(c2ccc(Oc3ccccc3)cc2P(c2ccccc2)c2ccccc2)c2ccccc21. The van der Waals surface area contributed by atoms with Crippen molar-refractivity contribution in [2.75, 3.05) is 0 Å². The van der Waals surface area contributed by atoms with Crippen LogP contribution < -0.4 is 20.7 Å². The lowest BCUT2D eigenvalue weighted by atomic mass is 9.93. The summed E-state index contributed by atoms with van der Waals surface area (Å²) in [5, 5.41) is 4.00. The lowest BCUT2D eigenvalue weighted by Gasteiger charge is -2.25. The predicted molar refractivity (Wildman–Crippen MR) is 149 cm³/mol. The van der Waals surface area contributed by atoms with Gasteiger partial charge in [0.2, 0.25) is 0 Å². The van der Waals surface area contributed by atoms with Crippen LogP contribution in [0, 0.1) is 0 Å². The van der Waals surface area contributed by atoms with E-state index in [9.17, 15) is 0 Å². The van der Waals surface area contributed by atoms with Gasteiger partial charge >= 0.3 is 0 Å². The maximum atomic E-state index is 6.32. The van der Waals surface area contributed by atoms with Crippen LogP contribution in [0.15, 0.2) is 140 Å². The zero-order valence-electron chi connectivity index (χ0n) is 19.3. The summed E-state index contributed by atoms with van der Waals surface area (Å²) < 4.78 is 6.32. The highest BCUT2D eigenvalue weighted by Gasteiger charge is 2.27. The van der Waals surface area contributed by atoms with Crippen molar-refractivity contribution in [3.8, 4) is 11.5 Å². The maximum absolute atomic E-state index is 6.32. The molecule has 1 unspecified atom stereocenters. The third kappa shape index (κ3) is 4.44. The maximum Gasteiger partial charge on any atom is 0.128 e. The van der Waals surface area contributed by atoms with E-state index in [0.717, 1.165) is 11.5 Å². The van der Waals surface area contributed by atoms with Crippen LogP contribution in [0.5, 0.6) is 11.5 Å². The van der Waals surface area contributed by atoms with E-state index in [4.69, 9.17) is 4.74 Å². The van der Waals surface area contributed by atoms with Gasteiger partial charge in [0.15, 0.2) is 0 Å². The Kier molecular flexibility index (Phi) is 6.01. The van der Waals surface area contributed by atoms with Gasteiger partial charge in [0, 0.05) is 5.92 Å². The summed E-state index contributed by atoms with van der Waals surface area (Å²) in [5.41, 5.74) is 4.00. The highest BCUT2D eigenvalue weighted by Crippen LogP contribution is 2.42. The van der Waals surface area contributed by atoms with E-state index < -0.39 is 7.92 Å². The number of rotatable bonds is 6. The van der Waals surface area contributed by atoms with Gasteiger partial charge in [-0.05, 0) is 64.8 Å². The van der Waals surface area contributed by atoms with E-state index >= 15 is 0 Å². The summed E-state index contributed by atoms with van der Waals surface area (Å²) in [6, 6.07) is 47.2. The van der Waals surface area contributed by atoms with Crippen molar-refractivity contribution >= 4 is 29.9 Å². The van der Waals surface area contributed by atoms with E-state index in [-0.39, 0.29) is 5.92 Å². The molecule has 0 amide bonds. The molecule has 1 atom stereocenters. The molecule has 6 rings (SSSR count). The zero-order chi connectivity index (χ0) is 23.5. The highest BCUT2D eigenvalue weighted by atomic mass is 31.1. The fourth-order valence-electron chi connectivity index (χ4n) is 4.77. The lowest BCUT2D eigenvalue weighted by molar-refractivity contribution is 0.483. The van der Waals surface area contributed by atoms with Crippen LogP contribution in [0.1, 0.15) is 22.6 Å². The van der Waals surface area contributed by atoms with Gasteiger partial charge in [0.05, 0.1) is 0 Å². The number of allylic oxidation sites excluding steroid dienone is 1. The van der Waals surface area contributed by atoms with Crippen LogP contribution in [-0.2, 0) is 0 Å². The fourth-order valence-corrected chi connectivity index (χ4v) is 7.29. The molecule has 0 radical (unpaired) electrons. The Balaban J connectivity index is 1.54. The van der Waals surface area contributed by atoms with Gasteiger partial charge in [0.25, 0.3) is 0 Å². The Hall–Kier alpha value is -3.93. The molecule has 0 saturated heterocycles. The van der Waals surface area contributed by atoms with Gasteiger partial charge in [-0.3, -0.25) is 0 Å². The van der Waals surface area contributed by atoms with E-state index in [0.29, 0.717) is 0 Å². The molecule has 35 heavy (non-hydrogen) atoms. The summed E-state index contributed by atoms with van der Waals surface area (Å²) in [7, 11) is -0.777. The number of para-hydroxylation sites is 1. The molecule has 2 heteroatoms. The normalized spacial score (nSPS) is 14.1. The van der Waals surface area contributed by atoms with E-state index in [1.807, 2.05) is 30.3 Å². The first-order valence-electron chi connectivity index (χ1n) is 11.9. The minimum absolute atomic E-state index is 0.226. The minimum Gasteiger partial charge on any atom is -0.457 e. The van der Waals surface area contributed by atoms with E-state index in [1.54, 1.807) is 0 Å². The van der Waals surface area contributed by atoms with Gasteiger partial charge in [0.1, 0.15) is 11.5 Å². The molecule has 168 valence electrons. The largest absolute Gasteiger partial charge is 0.457 e. The molecule has 0 fully saturated rings. The molecule has 5 aromatic carbocycles. The number of fused-ring (bicyclic) bond motifs is 1. The Labute approximate surface area is 208 Å². The molecule has 0 spiro atoms. The third-order valence-corrected chi connectivity index (χ3v) is 8.88. The quantitative estimate of drug-likeness (QED) is 0.236. The monoisotopic (exact) mass is 468 g/mol. The summed E-state index contributed by atoms with van der Waals surface area (Å²) >= 11 is 0. The topological polar surface area (TPSA) is 9.23 Å². The second-order valence-electron chi connectivity index (χ2n) is 8.61. The summed E-state index contributed by atoms with van der Waals surface area (Å²) in [4.78, 5) is 0. The fraction of sp³-hybridized carbons (Fsp3) is 0.0303. The lowest BCUT2D eigenvalue weighted by Crippen LogP contribution is -2.24. The van der Waals surface area contributed by atoms with E-state index in [1.165, 1.54) is 32.6 Å². The molecule has 0 aliphatic heterocycles. The van der Waals surface area contributed by atoms with Gasteiger partial charge in [-0.15, -0.1) is 0 Å². The van der Waals surface area contributed by atoms with Crippen LogP contribution in [0.2, 0.25) is 0 Å². The molecule has 1 aliphatic rings. The number of hydrogen-bond donors (Lipinski definition) is 0. The smallest absolute Gasteiger partial charge is 0.128 e. The Morgan fingerprint density at radius 2 is 1.11 bits per heavy atom. The van der Waals surface area contributed by atoms with Crippen LogP contribution in [-0.4, -0.2) is 0 Å². The second-order valence-corrected chi connectivity index (χ2v) is 10.8. The Morgan fingerprint density at radius 3 is 1.80 bits per heavy atom. The molecular weight excluding hydrogens is 443 g/mol. The molecular formula is C33H25OP. The minimum atomic E-state index is -0.777. The molecule has 0 bridgehead atoms. The van der Waals surface area contributed by atoms with Crippen molar-refractivity contribution in [1.29, 1.82) is 0 Å². The number of ether oxygens (including phenoxy) is 1. The van der Waals surface area contributed by atoms with Crippen molar-refractivity contribution in [1.82, 2.24) is 0 Å². The van der Waals surface area contributed by atoms with Crippen LogP contribution in [0.25, 0.3) is 6.08 Å². The van der Waals surface area contributed by atoms with Gasteiger partial charge < -0.3 is 4.74 Å². The summed E-state index contributed by atoms with van der Waals surface area (Å²) in [5.74, 6) is 1.94. The number of hydrogen-bond acceptors (Lipinski definition) is 1. The molecule has 1 aliphatic carbocycles.